The number of nitrogens with zero attached hydrogens (tertiary/aromatic N) is 3. The van der Waals surface area contributed by atoms with Gasteiger partial charge in [0, 0.05) is 20.3 Å². The molecule has 0 atom stereocenters. The molecule has 100 valence electrons. The van der Waals surface area contributed by atoms with Gasteiger partial charge in [0.25, 0.3) is 5.91 Å². The van der Waals surface area contributed by atoms with E-state index in [1.54, 1.807) is 39.5 Å². The Hall–Kier alpha value is -2.50. The Balaban J connectivity index is 2.36. The normalized spacial score (nSPS) is 10.3. The van der Waals surface area contributed by atoms with Crippen molar-refractivity contribution < 1.29 is 9.53 Å². The van der Waals surface area contributed by atoms with E-state index < -0.39 is 0 Å². The van der Waals surface area contributed by atoms with Gasteiger partial charge >= 0.3 is 0 Å². The standard InChI is InChI=1S/C13H16N4O2/c1-16-8-9(14)12(15-16)13(18)17(2)10-6-4-5-7-11(10)19-3/h4-8H,14H2,1-3H3. The largest absolute Gasteiger partial charge is 0.495 e. The predicted octanol–water partition coefficient (Wildman–Crippen LogP) is 1.29. The highest BCUT2D eigenvalue weighted by molar-refractivity contribution is 6.08. The summed E-state index contributed by atoms with van der Waals surface area (Å²) < 4.78 is 6.75. The topological polar surface area (TPSA) is 73.4 Å². The number of aryl methyl sites for hydroxylation is 1. The summed E-state index contributed by atoms with van der Waals surface area (Å²) in [5.41, 5.74) is 7.02. The maximum absolute atomic E-state index is 12.4. The summed E-state index contributed by atoms with van der Waals surface area (Å²) in [4.78, 5) is 13.8. The minimum Gasteiger partial charge on any atom is -0.495 e. The molecule has 6 nitrogen and oxygen atoms in total. The Kier molecular flexibility index (Phi) is 3.41. The molecule has 2 aromatic rings. The van der Waals surface area contributed by atoms with Crippen LogP contribution < -0.4 is 15.4 Å². The summed E-state index contributed by atoms with van der Waals surface area (Å²) in [6, 6.07) is 7.27. The quantitative estimate of drug-likeness (QED) is 0.902. The van der Waals surface area contributed by atoms with Crippen molar-refractivity contribution in [3.8, 4) is 5.75 Å². The van der Waals surface area contributed by atoms with Gasteiger partial charge in [0.15, 0.2) is 5.69 Å². The molecule has 0 saturated carbocycles. The van der Waals surface area contributed by atoms with Gasteiger partial charge in [0.2, 0.25) is 0 Å². The number of hydrogen-bond donors (Lipinski definition) is 1. The van der Waals surface area contributed by atoms with Crippen LogP contribution in [0.2, 0.25) is 0 Å². The summed E-state index contributed by atoms with van der Waals surface area (Å²) >= 11 is 0. The number of anilines is 2. The molecule has 0 fully saturated rings. The van der Waals surface area contributed by atoms with Gasteiger partial charge in [0.1, 0.15) is 5.75 Å². The number of para-hydroxylation sites is 2. The van der Waals surface area contributed by atoms with Gasteiger partial charge in [0.05, 0.1) is 18.5 Å². The summed E-state index contributed by atoms with van der Waals surface area (Å²) in [6.07, 6.45) is 1.60. The minimum atomic E-state index is -0.275. The second-order valence-corrected chi connectivity index (χ2v) is 4.14. The number of nitrogen functional groups attached to an aromatic ring is 1. The molecule has 1 amide bonds. The lowest BCUT2D eigenvalue weighted by Crippen LogP contribution is -2.27. The van der Waals surface area contributed by atoms with E-state index in [1.807, 2.05) is 12.1 Å². The van der Waals surface area contributed by atoms with E-state index in [4.69, 9.17) is 10.5 Å². The van der Waals surface area contributed by atoms with E-state index >= 15 is 0 Å². The molecule has 0 aliphatic carbocycles. The smallest absolute Gasteiger partial charge is 0.280 e. The fourth-order valence-electron chi connectivity index (χ4n) is 1.85. The third-order valence-corrected chi connectivity index (χ3v) is 2.81. The average molecular weight is 260 g/mol. The zero-order chi connectivity index (χ0) is 14.0. The summed E-state index contributed by atoms with van der Waals surface area (Å²) in [7, 11) is 4.94. The van der Waals surface area contributed by atoms with Crippen molar-refractivity contribution in [2.45, 2.75) is 0 Å². The molecular formula is C13H16N4O2. The van der Waals surface area contributed by atoms with Crippen LogP contribution in [0.1, 0.15) is 10.5 Å². The highest BCUT2D eigenvalue weighted by atomic mass is 16.5. The molecular weight excluding hydrogens is 244 g/mol. The second-order valence-electron chi connectivity index (χ2n) is 4.14. The Labute approximate surface area is 111 Å². The van der Waals surface area contributed by atoms with Gasteiger partial charge in [-0.25, -0.2) is 0 Å². The molecule has 0 radical (unpaired) electrons. The van der Waals surface area contributed by atoms with Gasteiger partial charge in [-0.2, -0.15) is 5.10 Å². The van der Waals surface area contributed by atoms with Crippen molar-refractivity contribution >= 4 is 17.3 Å². The first kappa shape index (κ1) is 12.9. The monoisotopic (exact) mass is 260 g/mol. The molecule has 0 aliphatic heterocycles. The molecule has 0 bridgehead atoms. The molecule has 0 spiro atoms. The van der Waals surface area contributed by atoms with Gasteiger partial charge in [-0.3, -0.25) is 9.48 Å². The van der Waals surface area contributed by atoms with Gasteiger partial charge in [-0.05, 0) is 12.1 Å². The van der Waals surface area contributed by atoms with Crippen molar-refractivity contribution in [3.63, 3.8) is 0 Å². The highest BCUT2D eigenvalue weighted by Crippen LogP contribution is 2.28. The van der Waals surface area contributed by atoms with Crippen molar-refractivity contribution in [2.24, 2.45) is 7.05 Å². The number of amides is 1. The predicted molar refractivity (Wildman–Crippen MR) is 73.3 cm³/mol. The summed E-state index contributed by atoms with van der Waals surface area (Å²) in [5.74, 6) is 0.343. The average Bonchev–Trinajstić information content (AvgIpc) is 2.76. The Bertz CT molecular complexity index is 606. The number of carbonyl (C=O) groups is 1. The number of carbonyl (C=O) groups excluding carboxylic acids is 1. The van der Waals surface area contributed by atoms with Crippen LogP contribution in [-0.4, -0.2) is 29.8 Å². The van der Waals surface area contributed by atoms with Crippen LogP contribution in [0.5, 0.6) is 5.75 Å². The number of hydrogen-bond acceptors (Lipinski definition) is 4. The van der Waals surface area contributed by atoms with Crippen molar-refractivity contribution in [1.29, 1.82) is 0 Å². The Morgan fingerprint density at radius 2 is 2.11 bits per heavy atom. The zero-order valence-electron chi connectivity index (χ0n) is 11.1. The molecule has 2 N–H and O–H groups in total. The lowest BCUT2D eigenvalue weighted by Gasteiger charge is -2.19. The first-order valence-corrected chi connectivity index (χ1v) is 5.74. The van der Waals surface area contributed by atoms with E-state index in [0.717, 1.165) is 0 Å². The lowest BCUT2D eigenvalue weighted by molar-refractivity contribution is 0.0988. The number of benzene rings is 1. The number of nitrogens with two attached hydrogens (primary N) is 1. The lowest BCUT2D eigenvalue weighted by atomic mass is 10.2. The fourth-order valence-corrected chi connectivity index (χ4v) is 1.85. The van der Waals surface area contributed by atoms with E-state index in [9.17, 15) is 4.79 Å². The molecule has 2 rings (SSSR count). The van der Waals surface area contributed by atoms with Crippen LogP contribution >= 0.6 is 0 Å². The number of methoxy groups -OCH3 is 1. The number of aromatic nitrogens is 2. The number of rotatable bonds is 3. The van der Waals surface area contributed by atoms with Crippen molar-refractivity contribution in [2.75, 3.05) is 24.8 Å². The fraction of sp³-hybridized carbons (Fsp3) is 0.231. The maximum atomic E-state index is 12.4. The SMILES string of the molecule is COc1ccccc1N(C)C(=O)c1nn(C)cc1N. The first-order valence-electron chi connectivity index (χ1n) is 5.74. The van der Waals surface area contributed by atoms with E-state index in [0.29, 0.717) is 17.1 Å². The molecule has 1 aromatic heterocycles. The van der Waals surface area contributed by atoms with Crippen LogP contribution in [0, 0.1) is 0 Å². The van der Waals surface area contributed by atoms with Crippen molar-refractivity contribution in [3.05, 3.63) is 36.2 Å². The molecule has 19 heavy (non-hydrogen) atoms. The van der Waals surface area contributed by atoms with Crippen LogP contribution in [0.3, 0.4) is 0 Å². The molecule has 6 heteroatoms. The highest BCUT2D eigenvalue weighted by Gasteiger charge is 2.21. The van der Waals surface area contributed by atoms with E-state index in [-0.39, 0.29) is 11.6 Å². The number of ether oxygens (including phenoxy) is 1. The third kappa shape index (κ3) is 2.37. The van der Waals surface area contributed by atoms with Crippen LogP contribution in [-0.2, 0) is 7.05 Å². The Morgan fingerprint density at radius 3 is 2.68 bits per heavy atom. The molecule has 1 heterocycles. The van der Waals surface area contributed by atoms with Gasteiger partial charge in [-0.1, -0.05) is 12.1 Å². The molecule has 0 aliphatic rings. The second kappa shape index (κ2) is 5.01. The zero-order valence-corrected chi connectivity index (χ0v) is 11.1. The van der Waals surface area contributed by atoms with Crippen LogP contribution in [0.4, 0.5) is 11.4 Å². The molecule has 0 saturated heterocycles. The molecule has 1 aromatic carbocycles. The summed E-state index contributed by atoms with van der Waals surface area (Å²) in [5, 5.41) is 4.07. The first-order chi connectivity index (χ1) is 9.04. The van der Waals surface area contributed by atoms with Crippen LogP contribution in [0.25, 0.3) is 0 Å². The minimum absolute atomic E-state index is 0.232. The summed E-state index contributed by atoms with van der Waals surface area (Å²) in [6.45, 7) is 0. The van der Waals surface area contributed by atoms with Crippen molar-refractivity contribution in [1.82, 2.24) is 9.78 Å². The van der Waals surface area contributed by atoms with Gasteiger partial charge in [-0.15, -0.1) is 0 Å². The van der Waals surface area contributed by atoms with E-state index in [1.165, 1.54) is 9.58 Å². The van der Waals surface area contributed by atoms with E-state index in [2.05, 4.69) is 5.10 Å². The molecule has 0 unspecified atom stereocenters. The van der Waals surface area contributed by atoms with Gasteiger partial charge < -0.3 is 15.4 Å². The van der Waals surface area contributed by atoms with Crippen LogP contribution in [0.15, 0.2) is 30.5 Å². The maximum Gasteiger partial charge on any atom is 0.280 e. The third-order valence-electron chi connectivity index (χ3n) is 2.81. The Morgan fingerprint density at radius 1 is 1.42 bits per heavy atom.